The van der Waals surface area contributed by atoms with E-state index in [1.807, 2.05) is 52.8 Å². The fourth-order valence-electron chi connectivity index (χ4n) is 2.96. The molecule has 0 fully saturated rings. The minimum absolute atomic E-state index is 0.419. The van der Waals surface area contributed by atoms with Crippen molar-refractivity contribution in [2.75, 3.05) is 13.2 Å². The molecular weight excluding hydrogens is 360 g/mol. The standard InChI is InChI=1S/C22H28O3.2C2H6/c1-4-18-10-7-13-20(22(18)25-16-15-24-5-2)14-8-12-19-11-6-9-17(3)21(19)23;2*1-2/h5-7,9-11,13,23H,2,4,8,12,14-16H2,1,3H3;2*1-2H3. The number of benzene rings is 2. The molecule has 3 heteroatoms. The molecule has 0 unspecified atom stereocenters. The summed E-state index contributed by atoms with van der Waals surface area (Å²) in [6.45, 7) is 16.6. The third-order valence-electron chi connectivity index (χ3n) is 4.34. The molecule has 0 amide bonds. The third-order valence-corrected chi connectivity index (χ3v) is 4.34. The molecule has 0 aliphatic heterocycles. The zero-order valence-electron chi connectivity index (χ0n) is 19.3. The Bertz CT molecular complexity index is 692. The van der Waals surface area contributed by atoms with E-state index in [0.29, 0.717) is 19.0 Å². The van der Waals surface area contributed by atoms with Crippen molar-refractivity contribution in [1.82, 2.24) is 0 Å². The van der Waals surface area contributed by atoms with Gasteiger partial charge in [0.25, 0.3) is 0 Å². The number of hydrogen-bond donors (Lipinski definition) is 1. The minimum atomic E-state index is 0.419. The van der Waals surface area contributed by atoms with E-state index in [0.717, 1.165) is 42.6 Å². The van der Waals surface area contributed by atoms with Crippen molar-refractivity contribution >= 4 is 0 Å². The Morgan fingerprint density at radius 2 is 1.48 bits per heavy atom. The topological polar surface area (TPSA) is 38.7 Å². The molecule has 2 aromatic rings. The molecule has 1 N–H and O–H groups in total. The van der Waals surface area contributed by atoms with Gasteiger partial charge in [0, 0.05) is 0 Å². The smallest absolute Gasteiger partial charge is 0.125 e. The number of para-hydroxylation sites is 2. The monoisotopic (exact) mass is 400 g/mol. The quantitative estimate of drug-likeness (QED) is 0.344. The summed E-state index contributed by atoms with van der Waals surface area (Å²) in [5.74, 6) is 1.40. The number of aryl methyl sites for hydroxylation is 4. The van der Waals surface area contributed by atoms with Crippen LogP contribution in [-0.2, 0) is 24.0 Å². The summed E-state index contributed by atoms with van der Waals surface area (Å²) in [5, 5.41) is 10.2. The van der Waals surface area contributed by atoms with Crippen molar-refractivity contribution in [2.45, 2.75) is 67.2 Å². The van der Waals surface area contributed by atoms with E-state index in [2.05, 4.69) is 31.7 Å². The number of ether oxygens (including phenoxy) is 2. The van der Waals surface area contributed by atoms with Gasteiger partial charge in [0.15, 0.2) is 0 Å². The van der Waals surface area contributed by atoms with E-state index in [1.54, 1.807) is 0 Å². The van der Waals surface area contributed by atoms with E-state index in [4.69, 9.17) is 9.47 Å². The van der Waals surface area contributed by atoms with Gasteiger partial charge < -0.3 is 14.6 Å². The van der Waals surface area contributed by atoms with Crippen molar-refractivity contribution in [1.29, 1.82) is 0 Å². The summed E-state index contributed by atoms with van der Waals surface area (Å²) in [7, 11) is 0. The third kappa shape index (κ3) is 9.08. The van der Waals surface area contributed by atoms with Gasteiger partial charge in [-0.05, 0) is 54.9 Å². The Labute approximate surface area is 178 Å². The zero-order valence-corrected chi connectivity index (χ0v) is 19.3. The molecule has 2 rings (SSSR count). The SMILES string of the molecule is C=COCCOc1c(CC)cccc1CCCc1cccc(C)c1O.CC.CC. The van der Waals surface area contributed by atoms with E-state index in [9.17, 15) is 5.11 Å². The van der Waals surface area contributed by atoms with Gasteiger partial charge in [0.2, 0.25) is 0 Å². The van der Waals surface area contributed by atoms with E-state index < -0.39 is 0 Å². The highest BCUT2D eigenvalue weighted by molar-refractivity contribution is 5.42. The fraction of sp³-hybridized carbons (Fsp3) is 0.462. The molecule has 0 saturated carbocycles. The van der Waals surface area contributed by atoms with Crippen LogP contribution >= 0.6 is 0 Å². The second-order valence-corrected chi connectivity index (χ2v) is 6.08. The van der Waals surface area contributed by atoms with Crippen LogP contribution in [0, 0.1) is 6.92 Å². The van der Waals surface area contributed by atoms with Gasteiger partial charge in [-0.25, -0.2) is 0 Å². The Hall–Kier alpha value is -2.42. The lowest BCUT2D eigenvalue weighted by molar-refractivity contribution is 0.178. The van der Waals surface area contributed by atoms with Crippen molar-refractivity contribution in [3.63, 3.8) is 0 Å². The molecule has 0 saturated heterocycles. The maximum atomic E-state index is 10.2. The molecule has 3 nitrogen and oxygen atoms in total. The lowest BCUT2D eigenvalue weighted by Crippen LogP contribution is -2.08. The first-order valence-electron chi connectivity index (χ1n) is 10.9. The summed E-state index contributed by atoms with van der Waals surface area (Å²) in [6.07, 6.45) is 5.10. The van der Waals surface area contributed by atoms with Gasteiger partial charge in [-0.2, -0.15) is 0 Å². The number of phenols is 1. The van der Waals surface area contributed by atoms with Crippen LogP contribution in [0.4, 0.5) is 0 Å². The molecule has 0 radical (unpaired) electrons. The Morgan fingerprint density at radius 3 is 2.14 bits per heavy atom. The molecule has 0 aromatic heterocycles. The first-order chi connectivity index (χ1) is 14.2. The van der Waals surface area contributed by atoms with Crippen LogP contribution in [0.1, 0.15) is 63.3 Å². The van der Waals surface area contributed by atoms with E-state index in [-0.39, 0.29) is 0 Å². The van der Waals surface area contributed by atoms with Crippen LogP contribution in [0.3, 0.4) is 0 Å². The number of phenolic OH excluding ortho intramolecular Hbond substituents is 1. The molecule has 0 bridgehead atoms. The summed E-state index contributed by atoms with van der Waals surface area (Å²) in [5.41, 5.74) is 4.37. The highest BCUT2D eigenvalue weighted by Gasteiger charge is 2.10. The normalized spacial score (nSPS) is 9.45. The second-order valence-electron chi connectivity index (χ2n) is 6.08. The Balaban J connectivity index is 0.00000184. The predicted molar refractivity (Wildman–Crippen MR) is 125 cm³/mol. The predicted octanol–water partition coefficient (Wildman–Crippen LogP) is 7.03. The van der Waals surface area contributed by atoms with Crippen LogP contribution in [0.2, 0.25) is 0 Å². The first kappa shape index (κ1) is 26.6. The van der Waals surface area contributed by atoms with Gasteiger partial charge in [-0.15, -0.1) is 0 Å². The van der Waals surface area contributed by atoms with E-state index >= 15 is 0 Å². The fourth-order valence-corrected chi connectivity index (χ4v) is 2.96. The molecule has 29 heavy (non-hydrogen) atoms. The molecule has 2 aromatic carbocycles. The van der Waals surface area contributed by atoms with Gasteiger partial charge in [-0.3, -0.25) is 0 Å². The number of rotatable bonds is 10. The summed E-state index contributed by atoms with van der Waals surface area (Å²) in [4.78, 5) is 0. The summed E-state index contributed by atoms with van der Waals surface area (Å²) < 4.78 is 11.1. The second kappa shape index (κ2) is 16.5. The van der Waals surface area contributed by atoms with Gasteiger partial charge >= 0.3 is 0 Å². The highest BCUT2D eigenvalue weighted by Crippen LogP contribution is 2.28. The average molecular weight is 401 g/mol. The van der Waals surface area contributed by atoms with Gasteiger partial charge in [-0.1, -0.05) is 77.6 Å². The first-order valence-corrected chi connectivity index (χ1v) is 10.9. The largest absolute Gasteiger partial charge is 0.507 e. The molecule has 0 aliphatic rings. The zero-order chi connectivity index (χ0) is 22.1. The lowest BCUT2D eigenvalue weighted by Gasteiger charge is -2.15. The van der Waals surface area contributed by atoms with E-state index in [1.165, 1.54) is 17.4 Å². The summed E-state index contributed by atoms with van der Waals surface area (Å²) >= 11 is 0. The van der Waals surface area contributed by atoms with Crippen molar-refractivity contribution < 1.29 is 14.6 Å². The molecule has 0 heterocycles. The molecule has 0 atom stereocenters. The van der Waals surface area contributed by atoms with Crippen molar-refractivity contribution in [2.24, 2.45) is 0 Å². The molecular formula is C26H40O3. The molecule has 162 valence electrons. The van der Waals surface area contributed by atoms with Crippen LogP contribution in [0.15, 0.2) is 49.2 Å². The highest BCUT2D eigenvalue weighted by atomic mass is 16.5. The Kier molecular flexibility index (Phi) is 15.1. The lowest BCUT2D eigenvalue weighted by atomic mass is 9.99. The van der Waals surface area contributed by atoms with Crippen molar-refractivity contribution in [3.8, 4) is 11.5 Å². The maximum Gasteiger partial charge on any atom is 0.125 e. The van der Waals surface area contributed by atoms with Crippen molar-refractivity contribution in [3.05, 3.63) is 71.5 Å². The minimum Gasteiger partial charge on any atom is -0.507 e. The van der Waals surface area contributed by atoms with Crippen LogP contribution < -0.4 is 4.74 Å². The van der Waals surface area contributed by atoms with Crippen LogP contribution in [0.5, 0.6) is 11.5 Å². The van der Waals surface area contributed by atoms with Gasteiger partial charge in [0.1, 0.15) is 24.7 Å². The summed E-state index contributed by atoms with van der Waals surface area (Å²) in [6, 6.07) is 12.2. The van der Waals surface area contributed by atoms with Gasteiger partial charge in [0.05, 0.1) is 6.26 Å². The average Bonchev–Trinajstić information content (AvgIpc) is 2.77. The van der Waals surface area contributed by atoms with Crippen LogP contribution in [-0.4, -0.2) is 18.3 Å². The number of hydrogen-bond acceptors (Lipinski definition) is 3. The maximum absolute atomic E-state index is 10.2. The van der Waals surface area contributed by atoms with Crippen LogP contribution in [0.25, 0.3) is 0 Å². The molecule has 0 spiro atoms. The number of aromatic hydroxyl groups is 1. The molecule has 0 aliphatic carbocycles. The Morgan fingerprint density at radius 1 is 0.897 bits per heavy atom.